The number of carbonyl (C=O) groups excluding carboxylic acids is 1. The summed E-state index contributed by atoms with van der Waals surface area (Å²) in [5.74, 6) is 1.10. The van der Waals surface area contributed by atoms with Crippen LogP contribution in [-0.4, -0.2) is 36.6 Å². The van der Waals surface area contributed by atoms with Crippen LogP contribution in [0.2, 0.25) is 10.0 Å². The van der Waals surface area contributed by atoms with Crippen LogP contribution in [-0.2, 0) is 16.0 Å². The molecule has 37 heavy (non-hydrogen) atoms. The molecular formula is C29H26Cl2N2O4. The fourth-order valence-electron chi connectivity index (χ4n) is 3.90. The van der Waals surface area contributed by atoms with E-state index >= 15 is 0 Å². The predicted molar refractivity (Wildman–Crippen MR) is 148 cm³/mol. The summed E-state index contributed by atoms with van der Waals surface area (Å²) in [6.07, 6.45) is 3.70. The Hall–Kier alpha value is -3.74. The molecule has 0 atom stereocenters. The van der Waals surface area contributed by atoms with Crippen molar-refractivity contribution in [2.24, 2.45) is 0 Å². The summed E-state index contributed by atoms with van der Waals surface area (Å²) in [6, 6.07) is 20.4. The first-order chi connectivity index (χ1) is 17.9. The Morgan fingerprint density at radius 1 is 0.919 bits per heavy atom. The van der Waals surface area contributed by atoms with Crippen molar-refractivity contribution in [3.63, 3.8) is 0 Å². The fourth-order valence-corrected chi connectivity index (χ4v) is 4.26. The highest BCUT2D eigenvalue weighted by atomic mass is 35.5. The lowest BCUT2D eigenvalue weighted by Crippen LogP contribution is -2.09. The lowest BCUT2D eigenvalue weighted by molar-refractivity contribution is -0.142. The summed E-state index contributed by atoms with van der Waals surface area (Å²) >= 11 is 12.6. The van der Waals surface area contributed by atoms with Crippen LogP contribution >= 0.6 is 23.2 Å². The highest BCUT2D eigenvalue weighted by molar-refractivity contribution is 6.34. The smallest absolute Gasteiger partial charge is 0.310 e. The van der Waals surface area contributed by atoms with Gasteiger partial charge in [-0.3, -0.25) is 4.79 Å². The quantitative estimate of drug-likeness (QED) is 0.213. The monoisotopic (exact) mass is 536 g/mol. The summed E-state index contributed by atoms with van der Waals surface area (Å²) in [6.45, 7) is 2.07. The molecule has 0 spiro atoms. The molecule has 4 rings (SSSR count). The van der Waals surface area contributed by atoms with E-state index in [2.05, 4.69) is 0 Å². The molecule has 0 aliphatic rings. The summed E-state index contributed by atoms with van der Waals surface area (Å²) in [5, 5.41) is 6.03. The van der Waals surface area contributed by atoms with Gasteiger partial charge < -0.3 is 14.2 Å². The van der Waals surface area contributed by atoms with Crippen LogP contribution in [0.5, 0.6) is 11.5 Å². The maximum atomic E-state index is 12.7. The number of aromatic nitrogens is 2. The van der Waals surface area contributed by atoms with Crippen LogP contribution < -0.4 is 9.47 Å². The molecule has 1 aromatic heterocycles. The summed E-state index contributed by atoms with van der Waals surface area (Å²) in [5.41, 5.74) is 4.49. The van der Waals surface area contributed by atoms with Gasteiger partial charge in [-0.05, 0) is 85.3 Å². The number of nitrogens with zero attached hydrogens (tertiary/aromatic N) is 2. The van der Waals surface area contributed by atoms with Gasteiger partial charge in [-0.25, -0.2) is 4.68 Å². The minimum Gasteiger partial charge on any atom is -0.497 e. The fraction of sp³-hybridized carbons (Fsp3) is 0.172. The molecule has 0 amide bonds. The van der Waals surface area contributed by atoms with Gasteiger partial charge in [0.1, 0.15) is 11.5 Å². The normalized spacial score (nSPS) is 11.1. The zero-order valence-corrected chi connectivity index (χ0v) is 22.2. The van der Waals surface area contributed by atoms with Gasteiger partial charge in [0.25, 0.3) is 0 Å². The van der Waals surface area contributed by atoms with Gasteiger partial charge >= 0.3 is 5.97 Å². The van der Waals surface area contributed by atoms with Crippen molar-refractivity contribution in [2.45, 2.75) is 13.3 Å². The minimum absolute atomic E-state index is 0.0360. The number of esters is 1. The number of halogens is 2. The van der Waals surface area contributed by atoms with Gasteiger partial charge in [-0.1, -0.05) is 29.3 Å². The molecule has 0 bridgehead atoms. The zero-order valence-electron chi connectivity index (χ0n) is 20.7. The maximum Gasteiger partial charge on any atom is 0.310 e. The second-order valence-electron chi connectivity index (χ2n) is 8.03. The van der Waals surface area contributed by atoms with E-state index in [4.69, 9.17) is 42.5 Å². The largest absolute Gasteiger partial charge is 0.497 e. The lowest BCUT2D eigenvalue weighted by Gasteiger charge is -2.11. The number of methoxy groups -OCH3 is 2. The summed E-state index contributed by atoms with van der Waals surface area (Å²) < 4.78 is 17.8. The molecule has 0 saturated carbocycles. The molecule has 0 aliphatic heterocycles. The Kier molecular flexibility index (Phi) is 8.54. The number of hydrogen-bond donors (Lipinski definition) is 0. The highest BCUT2D eigenvalue weighted by Crippen LogP contribution is 2.33. The first kappa shape index (κ1) is 26.3. The van der Waals surface area contributed by atoms with Crippen molar-refractivity contribution in [2.75, 3.05) is 20.8 Å². The molecule has 6 nitrogen and oxygen atoms in total. The minimum atomic E-state index is -0.345. The number of hydrogen-bond acceptors (Lipinski definition) is 5. The standard InChI is InChI=1S/C29H26Cl2N2O4/c1-4-37-28(34)18-25-27(16-7-20-17-21(30)8-15-26(20)31)32-33(22-9-13-24(36-3)14-10-22)29(25)19-5-11-23(35-2)12-6-19/h5-17H,4,18H2,1-3H3/b16-7+. The third kappa shape index (κ3) is 6.16. The van der Waals surface area contributed by atoms with Crippen molar-refractivity contribution in [3.8, 4) is 28.4 Å². The molecule has 4 aromatic rings. The molecule has 8 heteroatoms. The van der Waals surface area contributed by atoms with Crippen LogP contribution in [0.25, 0.3) is 29.1 Å². The predicted octanol–water partition coefficient (Wildman–Crippen LogP) is 7.14. The highest BCUT2D eigenvalue weighted by Gasteiger charge is 2.22. The van der Waals surface area contributed by atoms with Crippen molar-refractivity contribution in [1.29, 1.82) is 0 Å². The van der Waals surface area contributed by atoms with Crippen molar-refractivity contribution >= 4 is 41.3 Å². The van der Waals surface area contributed by atoms with Crippen LogP contribution in [0.4, 0.5) is 0 Å². The number of benzene rings is 3. The number of ether oxygens (including phenoxy) is 3. The molecule has 0 N–H and O–H groups in total. The van der Waals surface area contributed by atoms with E-state index in [1.165, 1.54) is 0 Å². The lowest BCUT2D eigenvalue weighted by atomic mass is 10.0. The average Bonchev–Trinajstić information content (AvgIpc) is 3.27. The third-order valence-corrected chi connectivity index (χ3v) is 6.28. The Labute approximate surface area is 226 Å². The van der Waals surface area contributed by atoms with Gasteiger partial charge in [0, 0.05) is 21.2 Å². The van der Waals surface area contributed by atoms with Gasteiger partial charge in [-0.2, -0.15) is 5.10 Å². The molecular weight excluding hydrogens is 511 g/mol. The maximum absolute atomic E-state index is 12.7. The Morgan fingerprint density at radius 2 is 1.57 bits per heavy atom. The van der Waals surface area contributed by atoms with E-state index in [-0.39, 0.29) is 19.0 Å². The second-order valence-corrected chi connectivity index (χ2v) is 8.88. The van der Waals surface area contributed by atoms with Crippen LogP contribution in [0, 0.1) is 0 Å². The van der Waals surface area contributed by atoms with E-state index < -0.39 is 0 Å². The molecule has 0 saturated heterocycles. The Morgan fingerprint density at radius 3 is 2.19 bits per heavy atom. The van der Waals surface area contributed by atoms with Crippen molar-refractivity contribution < 1.29 is 19.0 Å². The molecule has 0 unspecified atom stereocenters. The SMILES string of the molecule is CCOC(=O)Cc1c(/C=C/c2cc(Cl)ccc2Cl)nn(-c2ccc(OC)cc2)c1-c1ccc(OC)cc1. The first-order valence-corrected chi connectivity index (χ1v) is 12.4. The molecule has 3 aromatic carbocycles. The van der Waals surface area contributed by atoms with E-state index in [0.717, 1.165) is 34.0 Å². The Balaban J connectivity index is 1.92. The number of rotatable bonds is 9. The molecule has 1 heterocycles. The molecule has 0 fully saturated rings. The topological polar surface area (TPSA) is 62.6 Å². The third-order valence-electron chi connectivity index (χ3n) is 5.70. The van der Waals surface area contributed by atoms with Crippen molar-refractivity contribution in [3.05, 3.63) is 93.6 Å². The molecule has 0 radical (unpaired) electrons. The number of carbonyl (C=O) groups is 1. The van der Waals surface area contributed by atoms with Crippen LogP contribution in [0.1, 0.15) is 23.7 Å². The van der Waals surface area contributed by atoms with Crippen molar-refractivity contribution in [1.82, 2.24) is 9.78 Å². The zero-order chi connectivity index (χ0) is 26.4. The van der Waals surface area contributed by atoms with Crippen LogP contribution in [0.15, 0.2) is 66.7 Å². The average molecular weight is 537 g/mol. The molecule has 190 valence electrons. The van der Waals surface area contributed by atoms with Gasteiger partial charge in [0.15, 0.2) is 0 Å². The van der Waals surface area contributed by atoms with E-state index in [1.54, 1.807) is 39.3 Å². The van der Waals surface area contributed by atoms with E-state index in [9.17, 15) is 4.79 Å². The van der Waals surface area contributed by atoms with Gasteiger partial charge in [0.2, 0.25) is 0 Å². The summed E-state index contributed by atoms with van der Waals surface area (Å²) in [7, 11) is 3.24. The summed E-state index contributed by atoms with van der Waals surface area (Å²) in [4.78, 5) is 12.7. The second kappa shape index (κ2) is 12.0. The van der Waals surface area contributed by atoms with Crippen LogP contribution in [0.3, 0.4) is 0 Å². The molecule has 0 aliphatic carbocycles. The van der Waals surface area contributed by atoms with E-state index in [1.807, 2.05) is 65.4 Å². The first-order valence-electron chi connectivity index (χ1n) is 11.6. The van der Waals surface area contributed by atoms with E-state index in [0.29, 0.717) is 21.3 Å². The van der Waals surface area contributed by atoms with Gasteiger partial charge in [0.05, 0.1) is 44.3 Å². The van der Waals surface area contributed by atoms with Gasteiger partial charge in [-0.15, -0.1) is 0 Å². The Bertz CT molecular complexity index is 1410.